The Hall–Kier alpha value is -0.730. The molecule has 0 amide bonds. The minimum absolute atomic E-state index is 0.615. The van der Waals surface area contributed by atoms with Crippen molar-refractivity contribution in [3.63, 3.8) is 0 Å². The largest absolute Gasteiger partial charge is 0.496 e. The summed E-state index contributed by atoms with van der Waals surface area (Å²) in [6.45, 7) is 4.08. The highest BCUT2D eigenvalue weighted by atomic mass is 35.5. The van der Waals surface area contributed by atoms with E-state index in [2.05, 4.69) is 18.3 Å². The zero-order valence-electron chi connectivity index (χ0n) is 10.7. The number of benzene rings is 1. The van der Waals surface area contributed by atoms with E-state index >= 15 is 0 Å². The van der Waals surface area contributed by atoms with Crippen molar-refractivity contribution in [3.8, 4) is 5.75 Å². The maximum Gasteiger partial charge on any atom is 0.123 e. The molecule has 1 atom stereocenters. The van der Waals surface area contributed by atoms with Crippen molar-refractivity contribution in [2.45, 2.75) is 26.3 Å². The lowest BCUT2D eigenvalue weighted by Gasteiger charge is -2.10. The third-order valence-corrected chi connectivity index (χ3v) is 3.35. The summed E-state index contributed by atoms with van der Waals surface area (Å²) < 4.78 is 5.30. The van der Waals surface area contributed by atoms with E-state index in [9.17, 15) is 0 Å². The van der Waals surface area contributed by atoms with Gasteiger partial charge < -0.3 is 10.1 Å². The monoisotopic (exact) mass is 255 g/mol. The van der Waals surface area contributed by atoms with Crippen LogP contribution in [0.4, 0.5) is 0 Å². The molecule has 17 heavy (non-hydrogen) atoms. The summed E-state index contributed by atoms with van der Waals surface area (Å²) >= 11 is 5.76. The fraction of sp³-hybridized carbons (Fsp3) is 0.571. The Morgan fingerprint density at radius 1 is 1.35 bits per heavy atom. The number of halogens is 1. The molecule has 1 N–H and O–H groups in total. The van der Waals surface area contributed by atoms with Gasteiger partial charge in [0.1, 0.15) is 5.75 Å². The van der Waals surface area contributed by atoms with Crippen LogP contribution in [-0.2, 0) is 6.54 Å². The maximum absolute atomic E-state index is 5.76. The first kappa shape index (κ1) is 14.3. The molecule has 0 heterocycles. The molecule has 2 nitrogen and oxygen atoms in total. The molecule has 3 heteroatoms. The SMILES string of the molecule is COc1ccccc1CNCCCC(C)CCl. The second-order valence-corrected chi connectivity index (χ2v) is 4.70. The predicted molar refractivity (Wildman–Crippen MR) is 73.8 cm³/mol. The van der Waals surface area contributed by atoms with Crippen molar-refractivity contribution in [2.75, 3.05) is 19.5 Å². The van der Waals surface area contributed by atoms with Gasteiger partial charge in [-0.25, -0.2) is 0 Å². The summed E-state index contributed by atoms with van der Waals surface area (Å²) in [5, 5.41) is 3.43. The van der Waals surface area contributed by atoms with Crippen LogP contribution < -0.4 is 10.1 Å². The second kappa shape index (κ2) is 8.37. The molecule has 1 aromatic rings. The number of ether oxygens (including phenoxy) is 1. The molecule has 1 rings (SSSR count). The zero-order valence-corrected chi connectivity index (χ0v) is 11.5. The van der Waals surface area contributed by atoms with Crippen LogP contribution in [0.25, 0.3) is 0 Å². The smallest absolute Gasteiger partial charge is 0.123 e. The molecule has 0 fully saturated rings. The molecule has 1 aromatic carbocycles. The van der Waals surface area contributed by atoms with Gasteiger partial charge in [-0.05, 0) is 31.4 Å². The lowest BCUT2D eigenvalue weighted by molar-refractivity contribution is 0.407. The average molecular weight is 256 g/mol. The van der Waals surface area contributed by atoms with Gasteiger partial charge in [-0.15, -0.1) is 11.6 Å². The van der Waals surface area contributed by atoms with Gasteiger partial charge in [-0.1, -0.05) is 25.1 Å². The van der Waals surface area contributed by atoms with Gasteiger partial charge in [-0.2, -0.15) is 0 Å². The zero-order chi connectivity index (χ0) is 12.5. The van der Waals surface area contributed by atoms with E-state index in [0.717, 1.165) is 24.7 Å². The Bertz CT molecular complexity index is 317. The normalized spacial score (nSPS) is 12.4. The van der Waals surface area contributed by atoms with E-state index in [0.29, 0.717) is 5.92 Å². The maximum atomic E-state index is 5.76. The number of hydrogen-bond donors (Lipinski definition) is 1. The van der Waals surface area contributed by atoms with Crippen LogP contribution in [0.5, 0.6) is 5.75 Å². The van der Waals surface area contributed by atoms with Gasteiger partial charge in [-0.3, -0.25) is 0 Å². The van der Waals surface area contributed by atoms with Crippen LogP contribution >= 0.6 is 11.6 Å². The molecule has 0 aliphatic rings. The molecule has 0 bridgehead atoms. The molecule has 0 aliphatic carbocycles. The van der Waals surface area contributed by atoms with Crippen LogP contribution in [0.3, 0.4) is 0 Å². The fourth-order valence-corrected chi connectivity index (χ4v) is 1.88. The highest BCUT2D eigenvalue weighted by Crippen LogP contribution is 2.16. The van der Waals surface area contributed by atoms with E-state index in [1.165, 1.54) is 18.4 Å². The van der Waals surface area contributed by atoms with Crippen LogP contribution in [0.2, 0.25) is 0 Å². The summed E-state index contributed by atoms with van der Waals surface area (Å²) in [6, 6.07) is 8.11. The van der Waals surface area contributed by atoms with Crippen molar-refractivity contribution < 1.29 is 4.74 Å². The highest BCUT2D eigenvalue weighted by Gasteiger charge is 2.01. The summed E-state index contributed by atoms with van der Waals surface area (Å²) in [7, 11) is 1.71. The molecular weight excluding hydrogens is 234 g/mol. The average Bonchev–Trinajstić information content (AvgIpc) is 2.38. The molecular formula is C14H22ClNO. The molecule has 0 spiro atoms. The fourth-order valence-electron chi connectivity index (χ4n) is 1.72. The minimum Gasteiger partial charge on any atom is -0.496 e. The van der Waals surface area contributed by atoms with Crippen LogP contribution in [0, 0.1) is 5.92 Å². The molecule has 0 saturated heterocycles. The van der Waals surface area contributed by atoms with Gasteiger partial charge in [0.2, 0.25) is 0 Å². The van der Waals surface area contributed by atoms with E-state index < -0.39 is 0 Å². The van der Waals surface area contributed by atoms with Gasteiger partial charge in [0.25, 0.3) is 0 Å². The van der Waals surface area contributed by atoms with Gasteiger partial charge in [0.05, 0.1) is 7.11 Å². The number of hydrogen-bond acceptors (Lipinski definition) is 2. The quantitative estimate of drug-likeness (QED) is 0.568. The third-order valence-electron chi connectivity index (χ3n) is 2.82. The first-order valence-corrected chi connectivity index (χ1v) is 6.70. The van der Waals surface area contributed by atoms with Crippen LogP contribution in [0.15, 0.2) is 24.3 Å². The van der Waals surface area contributed by atoms with E-state index in [4.69, 9.17) is 16.3 Å². The number of nitrogens with one attached hydrogen (secondary N) is 1. The van der Waals surface area contributed by atoms with Crippen molar-refractivity contribution in [3.05, 3.63) is 29.8 Å². The Morgan fingerprint density at radius 2 is 2.12 bits per heavy atom. The number of methoxy groups -OCH3 is 1. The predicted octanol–water partition coefficient (Wildman–Crippen LogP) is 3.44. The van der Waals surface area contributed by atoms with Crippen molar-refractivity contribution in [1.29, 1.82) is 0 Å². The van der Waals surface area contributed by atoms with Gasteiger partial charge in [0, 0.05) is 18.0 Å². The summed E-state index contributed by atoms with van der Waals surface area (Å²) in [4.78, 5) is 0. The lowest BCUT2D eigenvalue weighted by atomic mass is 10.1. The van der Waals surface area contributed by atoms with E-state index in [1.807, 2.05) is 18.2 Å². The van der Waals surface area contributed by atoms with Crippen LogP contribution in [-0.4, -0.2) is 19.5 Å². The van der Waals surface area contributed by atoms with Crippen LogP contribution in [0.1, 0.15) is 25.3 Å². The summed E-state index contributed by atoms with van der Waals surface area (Å²) in [5.74, 6) is 2.32. The van der Waals surface area contributed by atoms with E-state index in [1.54, 1.807) is 7.11 Å². The first-order chi connectivity index (χ1) is 8.27. The van der Waals surface area contributed by atoms with Crippen molar-refractivity contribution in [1.82, 2.24) is 5.32 Å². The van der Waals surface area contributed by atoms with Crippen molar-refractivity contribution >= 4 is 11.6 Å². The number of alkyl halides is 1. The van der Waals surface area contributed by atoms with E-state index in [-0.39, 0.29) is 0 Å². The molecule has 0 aliphatic heterocycles. The first-order valence-electron chi connectivity index (χ1n) is 6.16. The molecule has 0 saturated carbocycles. The standard InChI is InChI=1S/C14H22ClNO/c1-12(10-15)6-5-9-16-11-13-7-3-4-8-14(13)17-2/h3-4,7-8,12,16H,5-6,9-11H2,1-2H3. The van der Waals surface area contributed by atoms with Crippen molar-refractivity contribution in [2.24, 2.45) is 5.92 Å². The topological polar surface area (TPSA) is 21.3 Å². The Kier molecular flexibility index (Phi) is 7.06. The Balaban J connectivity index is 2.22. The Morgan fingerprint density at radius 3 is 2.82 bits per heavy atom. The molecule has 96 valence electrons. The molecule has 0 radical (unpaired) electrons. The second-order valence-electron chi connectivity index (χ2n) is 4.39. The molecule has 1 unspecified atom stereocenters. The minimum atomic E-state index is 0.615. The molecule has 0 aromatic heterocycles. The summed E-state index contributed by atoms with van der Waals surface area (Å²) in [6.07, 6.45) is 2.35. The number of rotatable bonds is 8. The van der Waals surface area contributed by atoms with Gasteiger partial charge in [0.15, 0.2) is 0 Å². The number of para-hydroxylation sites is 1. The third kappa shape index (κ3) is 5.42. The summed E-state index contributed by atoms with van der Waals surface area (Å²) in [5.41, 5.74) is 1.21. The highest BCUT2D eigenvalue weighted by molar-refractivity contribution is 6.18. The van der Waals surface area contributed by atoms with Gasteiger partial charge >= 0.3 is 0 Å². The lowest BCUT2D eigenvalue weighted by Crippen LogP contribution is -2.16. The Labute approximate surface area is 109 Å².